The zero-order chi connectivity index (χ0) is 16.6. The van der Waals surface area contributed by atoms with Crippen LogP contribution < -0.4 is 14.3 Å². The molecule has 1 aromatic carbocycles. The Kier molecular flexibility index (Phi) is 4.15. The number of benzene rings is 1. The Morgan fingerprint density at radius 3 is 2.74 bits per heavy atom. The summed E-state index contributed by atoms with van der Waals surface area (Å²) in [6.07, 6.45) is 2.68. The van der Waals surface area contributed by atoms with E-state index in [0.717, 1.165) is 25.9 Å². The zero-order valence-corrected chi connectivity index (χ0v) is 13.2. The molecule has 2 aliphatic heterocycles. The summed E-state index contributed by atoms with van der Waals surface area (Å²) in [5.41, 5.74) is 0.113. The number of hydrogen-bond acceptors (Lipinski definition) is 5. The lowest BCUT2D eigenvalue weighted by Crippen LogP contribution is -2.31. The van der Waals surface area contributed by atoms with Crippen molar-refractivity contribution >= 4 is 21.8 Å². The monoisotopic (exact) mass is 343 g/mol. The maximum absolute atomic E-state index is 14.4. The number of carbonyl (C=O) groups is 1. The molecule has 7 nitrogen and oxygen atoms in total. The predicted octanol–water partition coefficient (Wildman–Crippen LogP) is 0.254. The number of phenols is 1. The quantitative estimate of drug-likeness (QED) is 0.731. The fourth-order valence-corrected chi connectivity index (χ4v) is 4.25. The minimum absolute atomic E-state index is 0.354. The Bertz CT molecular complexity index is 709. The van der Waals surface area contributed by atoms with Crippen LogP contribution in [0.15, 0.2) is 12.1 Å². The van der Waals surface area contributed by atoms with Gasteiger partial charge in [-0.2, -0.15) is 8.42 Å². The molecule has 0 saturated carbocycles. The molecule has 0 aromatic heterocycles. The fraction of sp³-hybridized carbons (Fsp3) is 0.500. The van der Waals surface area contributed by atoms with Gasteiger partial charge in [-0.1, -0.05) is 0 Å². The zero-order valence-electron chi connectivity index (χ0n) is 12.4. The van der Waals surface area contributed by atoms with E-state index in [1.165, 1.54) is 12.1 Å². The average Bonchev–Trinajstić information content (AvgIpc) is 2.72. The molecule has 3 rings (SSSR count). The predicted molar refractivity (Wildman–Crippen MR) is 81.8 cm³/mol. The SMILES string of the molecule is O=C1CN(c2c(O)cc(CC3CCCNC3)cc2F)S(=O)(=O)N1. The second-order valence-electron chi connectivity index (χ2n) is 5.90. The van der Waals surface area contributed by atoms with Crippen molar-refractivity contribution < 1.29 is 22.7 Å². The van der Waals surface area contributed by atoms with Crippen LogP contribution in [0.3, 0.4) is 0 Å². The number of rotatable bonds is 3. The Morgan fingerprint density at radius 2 is 2.17 bits per heavy atom. The lowest BCUT2D eigenvalue weighted by atomic mass is 9.92. The van der Waals surface area contributed by atoms with Gasteiger partial charge in [-0.3, -0.25) is 4.79 Å². The summed E-state index contributed by atoms with van der Waals surface area (Å²) in [5, 5.41) is 13.3. The van der Waals surface area contributed by atoms with Gasteiger partial charge in [0.15, 0.2) is 5.82 Å². The molecule has 9 heteroatoms. The van der Waals surface area contributed by atoms with Crippen molar-refractivity contribution in [2.45, 2.75) is 19.3 Å². The Morgan fingerprint density at radius 1 is 1.39 bits per heavy atom. The topological polar surface area (TPSA) is 98.7 Å². The number of aromatic hydroxyl groups is 1. The Hall–Kier alpha value is -1.87. The normalized spacial score (nSPS) is 23.8. The van der Waals surface area contributed by atoms with Gasteiger partial charge in [0.25, 0.3) is 5.91 Å². The van der Waals surface area contributed by atoms with E-state index in [-0.39, 0.29) is 0 Å². The van der Waals surface area contributed by atoms with Crippen molar-refractivity contribution in [2.75, 3.05) is 23.9 Å². The maximum atomic E-state index is 14.4. The van der Waals surface area contributed by atoms with Crippen molar-refractivity contribution in [3.05, 3.63) is 23.5 Å². The van der Waals surface area contributed by atoms with Gasteiger partial charge in [-0.15, -0.1) is 0 Å². The largest absolute Gasteiger partial charge is 0.506 e. The van der Waals surface area contributed by atoms with Gasteiger partial charge in [-0.05, 0) is 56.0 Å². The highest BCUT2D eigenvalue weighted by Gasteiger charge is 2.37. The van der Waals surface area contributed by atoms with Crippen LogP contribution in [0.5, 0.6) is 5.75 Å². The third-order valence-electron chi connectivity index (χ3n) is 4.10. The third-order valence-corrected chi connectivity index (χ3v) is 5.47. The molecule has 2 aliphatic rings. The first kappa shape index (κ1) is 16.0. The van der Waals surface area contributed by atoms with E-state index in [0.29, 0.717) is 22.2 Å². The van der Waals surface area contributed by atoms with Crippen LogP contribution in [0.1, 0.15) is 18.4 Å². The van der Waals surface area contributed by atoms with E-state index >= 15 is 0 Å². The van der Waals surface area contributed by atoms with Crippen LogP contribution >= 0.6 is 0 Å². The fourth-order valence-electron chi connectivity index (χ4n) is 3.08. The van der Waals surface area contributed by atoms with Crippen LogP contribution in [-0.2, 0) is 21.4 Å². The van der Waals surface area contributed by atoms with Gasteiger partial charge in [0.05, 0.1) is 0 Å². The van der Waals surface area contributed by atoms with E-state index < -0.39 is 39.9 Å². The van der Waals surface area contributed by atoms with Crippen molar-refractivity contribution in [3.8, 4) is 5.75 Å². The molecule has 2 saturated heterocycles. The highest BCUT2D eigenvalue weighted by molar-refractivity contribution is 7.92. The van der Waals surface area contributed by atoms with E-state index in [1.807, 2.05) is 0 Å². The summed E-state index contributed by atoms with van der Waals surface area (Å²) >= 11 is 0. The lowest BCUT2D eigenvalue weighted by Gasteiger charge is -2.23. The molecular formula is C14H18FN3O4S. The molecule has 0 radical (unpaired) electrons. The maximum Gasteiger partial charge on any atom is 0.326 e. The molecule has 0 bridgehead atoms. The van der Waals surface area contributed by atoms with Gasteiger partial charge in [0, 0.05) is 0 Å². The molecule has 1 aromatic rings. The lowest BCUT2D eigenvalue weighted by molar-refractivity contribution is -0.117. The van der Waals surface area contributed by atoms with E-state index in [9.17, 15) is 22.7 Å². The molecule has 0 aliphatic carbocycles. The van der Waals surface area contributed by atoms with E-state index in [4.69, 9.17) is 0 Å². The number of anilines is 1. The number of piperidine rings is 1. The van der Waals surface area contributed by atoms with Crippen LogP contribution in [0.25, 0.3) is 0 Å². The number of halogens is 1. The van der Waals surface area contributed by atoms with Crippen molar-refractivity contribution in [1.82, 2.24) is 10.0 Å². The van der Waals surface area contributed by atoms with Gasteiger partial charge in [0.1, 0.15) is 18.0 Å². The highest BCUT2D eigenvalue weighted by atomic mass is 32.2. The molecule has 23 heavy (non-hydrogen) atoms. The Balaban J connectivity index is 1.87. The summed E-state index contributed by atoms with van der Waals surface area (Å²) in [7, 11) is -4.15. The molecule has 3 N–H and O–H groups in total. The van der Waals surface area contributed by atoms with Crippen LogP contribution in [0.4, 0.5) is 10.1 Å². The van der Waals surface area contributed by atoms with Gasteiger partial charge < -0.3 is 10.4 Å². The van der Waals surface area contributed by atoms with Crippen molar-refractivity contribution in [1.29, 1.82) is 0 Å². The molecule has 2 heterocycles. The number of amides is 1. The third kappa shape index (κ3) is 3.25. The van der Waals surface area contributed by atoms with Crippen LogP contribution in [-0.4, -0.2) is 39.1 Å². The number of nitrogens with one attached hydrogen (secondary N) is 2. The summed E-state index contributed by atoms with van der Waals surface area (Å²) in [5.74, 6) is -1.75. The minimum Gasteiger partial charge on any atom is -0.506 e. The van der Waals surface area contributed by atoms with Gasteiger partial charge >= 0.3 is 10.2 Å². The first-order valence-corrected chi connectivity index (χ1v) is 8.86. The van der Waals surface area contributed by atoms with Crippen molar-refractivity contribution in [2.24, 2.45) is 5.92 Å². The minimum atomic E-state index is -4.15. The Labute approximate surface area is 133 Å². The van der Waals surface area contributed by atoms with Crippen LogP contribution in [0.2, 0.25) is 0 Å². The number of nitrogens with zero attached hydrogens (tertiary/aromatic N) is 1. The van der Waals surface area contributed by atoms with Crippen molar-refractivity contribution in [3.63, 3.8) is 0 Å². The molecule has 1 amide bonds. The van der Waals surface area contributed by atoms with Crippen LogP contribution in [0, 0.1) is 11.7 Å². The molecule has 1 unspecified atom stereocenters. The molecule has 0 spiro atoms. The smallest absolute Gasteiger partial charge is 0.326 e. The molecular weight excluding hydrogens is 325 g/mol. The second kappa shape index (κ2) is 5.97. The summed E-state index contributed by atoms with van der Waals surface area (Å²) in [6.45, 7) is 1.27. The second-order valence-corrected chi connectivity index (χ2v) is 7.49. The number of carbonyl (C=O) groups excluding carboxylic acids is 1. The summed E-state index contributed by atoms with van der Waals surface area (Å²) < 4.78 is 40.2. The molecule has 2 fully saturated rings. The number of phenolic OH excluding ortho intramolecular Hbond substituents is 1. The first-order chi connectivity index (χ1) is 10.9. The van der Waals surface area contributed by atoms with Gasteiger partial charge in [0.2, 0.25) is 0 Å². The number of hydrogen-bond donors (Lipinski definition) is 3. The molecule has 126 valence electrons. The summed E-state index contributed by atoms with van der Waals surface area (Å²) in [4.78, 5) is 11.3. The summed E-state index contributed by atoms with van der Waals surface area (Å²) in [6, 6.07) is 2.59. The average molecular weight is 343 g/mol. The highest BCUT2D eigenvalue weighted by Crippen LogP contribution is 2.35. The van der Waals surface area contributed by atoms with Gasteiger partial charge in [-0.25, -0.2) is 13.4 Å². The van der Waals surface area contributed by atoms with E-state index in [1.54, 1.807) is 4.72 Å². The van der Waals surface area contributed by atoms with E-state index in [2.05, 4.69) is 5.32 Å². The molecule has 1 atom stereocenters. The standard InChI is InChI=1S/C14H18FN3O4S/c15-11-5-10(4-9-2-1-3-16-7-9)6-12(19)14(11)18-8-13(20)17-23(18,21)22/h5-6,9,16,19H,1-4,7-8H2,(H,17,20). The first-order valence-electron chi connectivity index (χ1n) is 7.42.